The first-order valence-corrected chi connectivity index (χ1v) is 11.4. The lowest BCUT2D eigenvalue weighted by molar-refractivity contribution is 0.340. The maximum Gasteiger partial charge on any atom is 0.191 e. The van der Waals surface area contributed by atoms with Crippen LogP contribution in [-0.4, -0.2) is 52.5 Å². The minimum absolute atomic E-state index is 0.381. The standard InChI is InChI=1S/C25H36N4O3/c1-5-26-25(27-18-19-8-7-9-22(14-19)32-6-2)28-20-10-12-29(13-11-20)21-15-23(30-3)17-24(16-21)31-4/h7-9,14-17,20H,5-6,10-13,18H2,1-4H3,(H2,26,27,28). The van der Waals surface area contributed by atoms with Gasteiger partial charge in [-0.05, 0) is 44.4 Å². The minimum Gasteiger partial charge on any atom is -0.497 e. The molecule has 1 fully saturated rings. The second kappa shape index (κ2) is 12.1. The molecule has 0 aromatic heterocycles. The van der Waals surface area contributed by atoms with E-state index in [2.05, 4.69) is 46.7 Å². The molecule has 1 heterocycles. The Balaban J connectivity index is 1.58. The van der Waals surface area contributed by atoms with Crippen molar-refractivity contribution in [3.63, 3.8) is 0 Å². The van der Waals surface area contributed by atoms with Crippen LogP contribution in [0.2, 0.25) is 0 Å². The van der Waals surface area contributed by atoms with Gasteiger partial charge in [0.25, 0.3) is 0 Å². The Morgan fingerprint density at radius 1 is 1.00 bits per heavy atom. The van der Waals surface area contributed by atoms with Crippen molar-refractivity contribution in [1.29, 1.82) is 0 Å². The third kappa shape index (κ3) is 6.70. The predicted octanol–water partition coefficient (Wildman–Crippen LogP) is 3.83. The quantitative estimate of drug-likeness (QED) is 0.456. The number of nitrogens with one attached hydrogen (secondary N) is 2. The largest absolute Gasteiger partial charge is 0.497 e. The van der Waals surface area contributed by atoms with Crippen molar-refractivity contribution < 1.29 is 14.2 Å². The molecule has 0 bridgehead atoms. The number of rotatable bonds is 9. The summed E-state index contributed by atoms with van der Waals surface area (Å²) in [6.45, 7) is 8.11. The summed E-state index contributed by atoms with van der Waals surface area (Å²) < 4.78 is 16.4. The number of ether oxygens (including phenoxy) is 3. The zero-order valence-corrected chi connectivity index (χ0v) is 19.7. The maximum atomic E-state index is 5.60. The zero-order chi connectivity index (χ0) is 22.8. The lowest BCUT2D eigenvalue weighted by Crippen LogP contribution is -2.48. The Morgan fingerprint density at radius 2 is 1.72 bits per heavy atom. The van der Waals surface area contributed by atoms with Crippen LogP contribution in [0.5, 0.6) is 17.2 Å². The number of aliphatic imine (C=N–C) groups is 1. The maximum absolute atomic E-state index is 5.60. The number of anilines is 1. The van der Waals surface area contributed by atoms with Gasteiger partial charge in [0.05, 0.1) is 27.4 Å². The highest BCUT2D eigenvalue weighted by molar-refractivity contribution is 5.80. The SMILES string of the molecule is CCNC(=NCc1cccc(OCC)c1)NC1CCN(c2cc(OC)cc(OC)c2)CC1. The molecule has 7 nitrogen and oxygen atoms in total. The van der Waals surface area contributed by atoms with Crippen LogP contribution in [0.4, 0.5) is 5.69 Å². The Hall–Kier alpha value is -3.09. The second-order valence-corrected chi connectivity index (χ2v) is 7.75. The van der Waals surface area contributed by atoms with E-state index >= 15 is 0 Å². The van der Waals surface area contributed by atoms with Gasteiger partial charge in [0.15, 0.2) is 5.96 Å². The van der Waals surface area contributed by atoms with Crippen molar-refractivity contribution >= 4 is 11.6 Å². The first-order valence-electron chi connectivity index (χ1n) is 11.4. The Labute approximate surface area is 191 Å². The average Bonchev–Trinajstić information content (AvgIpc) is 2.83. The molecule has 0 amide bonds. The van der Waals surface area contributed by atoms with Gasteiger partial charge < -0.3 is 29.7 Å². The predicted molar refractivity (Wildman–Crippen MR) is 130 cm³/mol. The molecule has 174 valence electrons. The summed E-state index contributed by atoms with van der Waals surface area (Å²) in [6, 6.07) is 14.5. The van der Waals surface area contributed by atoms with Gasteiger partial charge in [0, 0.05) is 49.6 Å². The molecular weight excluding hydrogens is 404 g/mol. The normalized spacial score (nSPS) is 14.8. The van der Waals surface area contributed by atoms with Gasteiger partial charge in [-0.25, -0.2) is 4.99 Å². The fourth-order valence-corrected chi connectivity index (χ4v) is 3.84. The van der Waals surface area contributed by atoms with E-state index < -0.39 is 0 Å². The summed E-state index contributed by atoms with van der Waals surface area (Å²) in [7, 11) is 3.37. The number of hydrogen-bond acceptors (Lipinski definition) is 5. The molecule has 2 aromatic rings. The molecule has 1 saturated heterocycles. The van der Waals surface area contributed by atoms with Crippen molar-refractivity contribution in [2.45, 2.75) is 39.3 Å². The van der Waals surface area contributed by atoms with Gasteiger partial charge in [-0.2, -0.15) is 0 Å². The summed E-state index contributed by atoms with van der Waals surface area (Å²) in [4.78, 5) is 7.18. The first-order chi connectivity index (χ1) is 15.6. The molecule has 0 atom stereocenters. The monoisotopic (exact) mass is 440 g/mol. The minimum atomic E-state index is 0.381. The summed E-state index contributed by atoms with van der Waals surface area (Å²) in [6.07, 6.45) is 2.06. The van der Waals surface area contributed by atoms with E-state index in [4.69, 9.17) is 19.2 Å². The highest BCUT2D eigenvalue weighted by atomic mass is 16.5. The molecule has 0 aliphatic carbocycles. The lowest BCUT2D eigenvalue weighted by atomic mass is 10.0. The molecule has 0 unspecified atom stereocenters. The molecular formula is C25H36N4O3. The molecule has 0 spiro atoms. The lowest BCUT2D eigenvalue weighted by Gasteiger charge is -2.34. The van der Waals surface area contributed by atoms with Crippen LogP contribution in [0.15, 0.2) is 47.5 Å². The van der Waals surface area contributed by atoms with Crippen molar-refractivity contribution in [3.8, 4) is 17.2 Å². The number of guanidine groups is 1. The molecule has 0 radical (unpaired) electrons. The fraction of sp³-hybridized carbons (Fsp3) is 0.480. The Kier molecular flexibility index (Phi) is 8.90. The van der Waals surface area contributed by atoms with Crippen molar-refractivity contribution in [2.24, 2.45) is 4.99 Å². The summed E-state index contributed by atoms with van der Waals surface area (Å²) in [5, 5.41) is 6.99. The van der Waals surface area contributed by atoms with Gasteiger partial charge >= 0.3 is 0 Å². The number of nitrogens with zero attached hydrogens (tertiary/aromatic N) is 2. The molecule has 3 rings (SSSR count). The van der Waals surface area contributed by atoms with Gasteiger partial charge in [-0.15, -0.1) is 0 Å². The van der Waals surface area contributed by atoms with Gasteiger partial charge in [-0.1, -0.05) is 12.1 Å². The number of hydrogen-bond donors (Lipinski definition) is 2. The van der Waals surface area contributed by atoms with E-state index in [0.29, 0.717) is 19.2 Å². The third-order valence-electron chi connectivity index (χ3n) is 5.51. The average molecular weight is 441 g/mol. The van der Waals surface area contributed by atoms with Crippen molar-refractivity contribution in [3.05, 3.63) is 48.0 Å². The van der Waals surface area contributed by atoms with Crippen LogP contribution in [-0.2, 0) is 6.54 Å². The number of methoxy groups -OCH3 is 2. The van der Waals surface area contributed by atoms with Crippen LogP contribution in [0.3, 0.4) is 0 Å². The summed E-state index contributed by atoms with van der Waals surface area (Å²) in [5.74, 6) is 3.37. The number of piperidine rings is 1. The molecule has 7 heteroatoms. The molecule has 2 aromatic carbocycles. The Morgan fingerprint density at radius 3 is 2.34 bits per heavy atom. The molecule has 1 aliphatic heterocycles. The van der Waals surface area contributed by atoms with Crippen LogP contribution >= 0.6 is 0 Å². The topological polar surface area (TPSA) is 67.4 Å². The van der Waals surface area contributed by atoms with Crippen LogP contribution < -0.4 is 29.7 Å². The van der Waals surface area contributed by atoms with E-state index in [1.54, 1.807) is 14.2 Å². The smallest absolute Gasteiger partial charge is 0.191 e. The fourth-order valence-electron chi connectivity index (χ4n) is 3.84. The van der Waals surface area contributed by atoms with Crippen molar-refractivity contribution in [1.82, 2.24) is 10.6 Å². The van der Waals surface area contributed by atoms with Crippen LogP contribution in [0, 0.1) is 0 Å². The summed E-state index contributed by atoms with van der Waals surface area (Å²) in [5.41, 5.74) is 2.27. The molecule has 0 saturated carbocycles. The third-order valence-corrected chi connectivity index (χ3v) is 5.51. The highest BCUT2D eigenvalue weighted by Gasteiger charge is 2.21. The Bertz CT molecular complexity index is 857. The van der Waals surface area contributed by atoms with Crippen LogP contribution in [0.25, 0.3) is 0 Å². The number of benzene rings is 2. The van der Waals surface area contributed by atoms with E-state index in [0.717, 1.165) is 66.9 Å². The summed E-state index contributed by atoms with van der Waals surface area (Å²) >= 11 is 0. The molecule has 32 heavy (non-hydrogen) atoms. The first kappa shape index (κ1) is 23.6. The van der Waals surface area contributed by atoms with Gasteiger partial charge in [0.2, 0.25) is 0 Å². The highest BCUT2D eigenvalue weighted by Crippen LogP contribution is 2.30. The van der Waals surface area contributed by atoms with Crippen LogP contribution in [0.1, 0.15) is 32.3 Å². The van der Waals surface area contributed by atoms with Gasteiger partial charge in [-0.3, -0.25) is 0 Å². The zero-order valence-electron chi connectivity index (χ0n) is 19.7. The van der Waals surface area contributed by atoms with E-state index in [1.165, 1.54) is 0 Å². The van der Waals surface area contributed by atoms with E-state index in [1.807, 2.05) is 25.1 Å². The molecule has 2 N–H and O–H groups in total. The molecule has 1 aliphatic rings. The van der Waals surface area contributed by atoms with Gasteiger partial charge in [0.1, 0.15) is 17.2 Å². The van der Waals surface area contributed by atoms with Crippen molar-refractivity contribution in [2.75, 3.05) is 45.4 Å². The second-order valence-electron chi connectivity index (χ2n) is 7.75. The van der Waals surface area contributed by atoms with E-state index in [9.17, 15) is 0 Å². The van der Waals surface area contributed by atoms with E-state index in [-0.39, 0.29) is 0 Å².